The van der Waals surface area contributed by atoms with Crippen LogP contribution < -0.4 is 5.43 Å². The Labute approximate surface area is 125 Å². The molecular formula is C11H13Cl3F3N2+. The zero-order chi connectivity index (χ0) is 15.3. The molecule has 0 heterocycles. The van der Waals surface area contributed by atoms with Crippen molar-refractivity contribution in [3.05, 3.63) is 35.3 Å². The number of hydrogen-bond donors (Lipinski definition) is 1. The van der Waals surface area contributed by atoms with Crippen LogP contribution in [0.15, 0.2) is 30.3 Å². The number of benzene rings is 1. The molecule has 19 heavy (non-hydrogen) atoms. The van der Waals surface area contributed by atoms with E-state index in [4.69, 9.17) is 34.8 Å². The Bertz CT molecular complexity index is 370. The molecule has 0 aliphatic carbocycles. The first-order valence-corrected chi connectivity index (χ1v) is 6.39. The molecule has 0 spiro atoms. The number of nitrogens with one attached hydrogen (secondary N) is 1. The van der Waals surface area contributed by atoms with Crippen molar-refractivity contribution in [1.29, 1.82) is 0 Å². The molecule has 1 N–H and O–H groups in total. The predicted octanol–water partition coefficient (Wildman–Crippen LogP) is 5.92. The number of para-hydroxylation sites is 1. The summed E-state index contributed by atoms with van der Waals surface area (Å²) >= 11 is 14.4. The highest BCUT2D eigenvalue weighted by molar-refractivity contribution is 6.63. The van der Waals surface area contributed by atoms with E-state index in [0.717, 1.165) is 6.07 Å². The van der Waals surface area contributed by atoms with Crippen LogP contribution in [0.2, 0.25) is 0 Å². The lowest BCUT2D eigenvalue weighted by Gasteiger charge is -1.86. The van der Waals surface area contributed by atoms with Gasteiger partial charge in [0.15, 0.2) is 4.30 Å². The summed E-state index contributed by atoms with van der Waals surface area (Å²) in [7, 11) is 0. The third kappa shape index (κ3) is 19.7. The number of alkyl halides is 6. The van der Waals surface area contributed by atoms with Gasteiger partial charge in [-0.05, 0) is 17.6 Å². The summed E-state index contributed by atoms with van der Waals surface area (Å²) in [5, 5.41) is 0. The Morgan fingerprint density at radius 3 is 1.89 bits per heavy atom. The minimum Gasteiger partial charge on any atom is -0.154 e. The van der Waals surface area contributed by atoms with E-state index in [-0.39, 0.29) is 0 Å². The van der Waals surface area contributed by atoms with Crippen LogP contribution in [0.5, 0.6) is 0 Å². The molecule has 1 aromatic carbocycles. The fourth-order valence-electron chi connectivity index (χ4n) is 0.669. The SMILES string of the molecule is CC.ClC(Cl)Cl.FC(F)(F)C#[N+]Nc1ccccc1. The standard InChI is InChI=1S/C8H6F3N2.C2H6.CHCl3/c9-8(10,11)6-12-13-7-4-2-1-3-5-7;1-2;2-1(3)4/h1-5,13H;1-2H3;1H/q+1;;. The lowest BCUT2D eigenvalue weighted by Crippen LogP contribution is -2.01. The van der Waals surface area contributed by atoms with Crippen LogP contribution in [-0.2, 0) is 0 Å². The fraction of sp³-hybridized carbons (Fsp3) is 0.364. The summed E-state index contributed by atoms with van der Waals surface area (Å²) in [4.78, 5) is 2.89. The Kier molecular flexibility index (Phi) is 13.2. The van der Waals surface area contributed by atoms with Crippen LogP contribution in [-0.4, -0.2) is 10.5 Å². The van der Waals surface area contributed by atoms with Crippen molar-refractivity contribution in [2.75, 3.05) is 5.43 Å². The first-order valence-electron chi connectivity index (χ1n) is 5.08. The quantitative estimate of drug-likeness (QED) is 0.497. The predicted molar refractivity (Wildman–Crippen MR) is 76.1 cm³/mol. The molecule has 0 saturated carbocycles. The maximum atomic E-state index is 11.5. The van der Waals surface area contributed by atoms with Crippen molar-refractivity contribution in [1.82, 2.24) is 0 Å². The molecule has 1 rings (SSSR count). The lowest BCUT2D eigenvalue weighted by atomic mass is 10.3. The normalized spacial score (nSPS) is 9.11. The second-order valence-electron chi connectivity index (χ2n) is 2.45. The summed E-state index contributed by atoms with van der Waals surface area (Å²) in [6.07, 6.45) is -4.50. The van der Waals surface area contributed by atoms with Gasteiger partial charge in [0.25, 0.3) is 0 Å². The van der Waals surface area contributed by atoms with Gasteiger partial charge in [0.2, 0.25) is 0 Å². The smallest absolute Gasteiger partial charge is 0.154 e. The van der Waals surface area contributed by atoms with Crippen molar-refractivity contribution in [2.45, 2.75) is 24.3 Å². The Morgan fingerprint density at radius 1 is 1.11 bits per heavy atom. The van der Waals surface area contributed by atoms with Gasteiger partial charge in [0.1, 0.15) is 5.69 Å². The molecule has 0 unspecified atom stereocenters. The molecule has 0 atom stereocenters. The molecule has 1 aromatic rings. The third-order valence-corrected chi connectivity index (χ3v) is 1.14. The van der Waals surface area contributed by atoms with E-state index in [1.54, 1.807) is 30.3 Å². The molecule has 0 saturated heterocycles. The van der Waals surface area contributed by atoms with Gasteiger partial charge in [0, 0.05) is 0 Å². The minimum absolute atomic E-state index is 0.485. The Balaban J connectivity index is 0. The molecule has 2 nitrogen and oxygen atoms in total. The second-order valence-corrected chi connectivity index (χ2v) is 4.43. The van der Waals surface area contributed by atoms with Crippen LogP contribution in [0.1, 0.15) is 13.8 Å². The first-order chi connectivity index (χ1) is 8.81. The average Bonchev–Trinajstić information content (AvgIpc) is 2.30. The van der Waals surface area contributed by atoms with Crippen molar-refractivity contribution >= 4 is 40.5 Å². The van der Waals surface area contributed by atoms with E-state index in [1.807, 2.05) is 13.8 Å². The summed E-state index contributed by atoms with van der Waals surface area (Å²) in [5.74, 6) is 0. The van der Waals surface area contributed by atoms with Crippen molar-refractivity contribution in [2.24, 2.45) is 0 Å². The monoisotopic (exact) mass is 335 g/mol. The zero-order valence-corrected chi connectivity index (χ0v) is 12.4. The van der Waals surface area contributed by atoms with Gasteiger partial charge < -0.3 is 0 Å². The van der Waals surface area contributed by atoms with E-state index in [2.05, 4.69) is 10.4 Å². The number of nitrogens with zero attached hydrogens (tertiary/aromatic N) is 1. The van der Waals surface area contributed by atoms with Crippen LogP contribution in [0, 0.1) is 6.07 Å². The van der Waals surface area contributed by atoms with Crippen molar-refractivity contribution < 1.29 is 13.2 Å². The number of anilines is 1. The highest BCUT2D eigenvalue weighted by Crippen LogP contribution is 2.12. The Hall–Kier alpha value is -0.830. The second kappa shape index (κ2) is 12.2. The van der Waals surface area contributed by atoms with Crippen molar-refractivity contribution in [3.63, 3.8) is 0 Å². The van der Waals surface area contributed by atoms with E-state index in [1.165, 1.54) is 0 Å². The lowest BCUT2D eigenvalue weighted by molar-refractivity contribution is -0.0700. The molecule has 0 fully saturated rings. The summed E-state index contributed by atoms with van der Waals surface area (Å²) in [6.45, 7) is 4.00. The van der Waals surface area contributed by atoms with Crippen LogP contribution in [0.3, 0.4) is 0 Å². The van der Waals surface area contributed by atoms with Gasteiger partial charge in [0.05, 0.1) is 4.95 Å². The van der Waals surface area contributed by atoms with Gasteiger partial charge in [-0.3, -0.25) is 0 Å². The molecule has 0 bridgehead atoms. The van der Waals surface area contributed by atoms with Crippen molar-refractivity contribution in [3.8, 4) is 6.07 Å². The summed E-state index contributed by atoms with van der Waals surface area (Å²) in [6, 6.07) is 9.31. The van der Waals surface area contributed by atoms with Gasteiger partial charge in [-0.15, -0.1) is 0 Å². The van der Waals surface area contributed by atoms with E-state index in [9.17, 15) is 13.2 Å². The summed E-state index contributed by atoms with van der Waals surface area (Å²) < 4.78 is 33.8. The van der Waals surface area contributed by atoms with Gasteiger partial charge >= 0.3 is 12.2 Å². The molecular weight excluding hydrogens is 323 g/mol. The molecule has 0 aliphatic rings. The first kappa shape index (κ1) is 20.5. The van der Waals surface area contributed by atoms with E-state index >= 15 is 0 Å². The van der Waals surface area contributed by atoms with Crippen LogP contribution >= 0.6 is 34.8 Å². The highest BCUT2D eigenvalue weighted by atomic mass is 35.6. The molecule has 0 radical (unpaired) electrons. The molecule has 0 aromatic heterocycles. The number of hydrogen-bond acceptors (Lipinski definition) is 1. The largest absolute Gasteiger partial charge is 0.534 e. The maximum absolute atomic E-state index is 11.5. The van der Waals surface area contributed by atoms with Crippen LogP contribution in [0.4, 0.5) is 18.9 Å². The van der Waals surface area contributed by atoms with Gasteiger partial charge in [-0.25, -0.2) is 0 Å². The molecule has 0 aliphatic heterocycles. The minimum atomic E-state index is -4.50. The van der Waals surface area contributed by atoms with Gasteiger partial charge in [-0.1, -0.05) is 66.8 Å². The number of halogens is 6. The molecule has 8 heteroatoms. The third-order valence-electron chi connectivity index (χ3n) is 1.14. The molecule has 108 valence electrons. The Morgan fingerprint density at radius 2 is 1.53 bits per heavy atom. The molecule has 0 amide bonds. The summed E-state index contributed by atoms with van der Waals surface area (Å²) in [5.41, 5.74) is 2.68. The van der Waals surface area contributed by atoms with E-state index < -0.39 is 10.5 Å². The average molecular weight is 337 g/mol. The fourth-order valence-corrected chi connectivity index (χ4v) is 0.669. The van der Waals surface area contributed by atoms with Crippen LogP contribution in [0.25, 0.3) is 4.95 Å². The topological polar surface area (TPSA) is 16.4 Å². The van der Waals surface area contributed by atoms with Gasteiger partial charge in [-0.2, -0.15) is 13.2 Å². The highest BCUT2D eigenvalue weighted by Gasteiger charge is 2.33. The number of rotatable bonds is 1. The maximum Gasteiger partial charge on any atom is 0.534 e. The van der Waals surface area contributed by atoms with E-state index in [0.29, 0.717) is 5.69 Å². The zero-order valence-electron chi connectivity index (χ0n) is 10.2.